The van der Waals surface area contributed by atoms with Gasteiger partial charge in [-0.05, 0) is 49.7 Å². The summed E-state index contributed by atoms with van der Waals surface area (Å²) < 4.78 is 26.4. The molecule has 2 heterocycles. The molecule has 1 aliphatic rings. The molecule has 1 aromatic heterocycles. The first kappa shape index (κ1) is 19.2. The van der Waals surface area contributed by atoms with E-state index in [4.69, 9.17) is 0 Å². The van der Waals surface area contributed by atoms with Crippen LogP contribution in [0.3, 0.4) is 0 Å². The quantitative estimate of drug-likeness (QED) is 0.845. The fourth-order valence-corrected chi connectivity index (χ4v) is 3.33. The molecule has 1 fully saturated rings. The highest BCUT2D eigenvalue weighted by Crippen LogP contribution is 2.18. The minimum absolute atomic E-state index is 0.0260. The third-order valence-corrected chi connectivity index (χ3v) is 4.67. The molecule has 7 heteroatoms. The maximum atomic E-state index is 13.4. The van der Waals surface area contributed by atoms with Crippen molar-refractivity contribution in [2.45, 2.75) is 25.4 Å². The second kappa shape index (κ2) is 8.90. The number of hydrogen-bond acceptors (Lipinski definition) is 4. The number of piperidine rings is 1. The minimum atomic E-state index is -0.874. The highest BCUT2D eigenvalue weighted by atomic mass is 19.2. The number of carbonyl (C=O) groups excluding carboxylic acids is 1. The number of aromatic nitrogens is 1. The van der Waals surface area contributed by atoms with E-state index in [9.17, 15) is 13.6 Å². The molecule has 1 aromatic carbocycles. The van der Waals surface area contributed by atoms with E-state index in [0.717, 1.165) is 37.1 Å². The highest BCUT2D eigenvalue weighted by Gasteiger charge is 2.24. The van der Waals surface area contributed by atoms with Crippen LogP contribution in [0.1, 0.15) is 18.4 Å². The molecule has 1 aliphatic heterocycles. The number of halogens is 2. The topological polar surface area (TPSA) is 48.5 Å². The molecule has 1 N–H and O–H groups in total. The third-order valence-electron chi connectivity index (χ3n) is 4.67. The van der Waals surface area contributed by atoms with Gasteiger partial charge in [0, 0.05) is 49.8 Å². The maximum absolute atomic E-state index is 13.4. The van der Waals surface area contributed by atoms with Crippen LogP contribution in [0, 0.1) is 11.6 Å². The fraction of sp³-hybridized carbons (Fsp3) is 0.400. The lowest BCUT2D eigenvalue weighted by atomic mass is 10.0. The Hall–Kier alpha value is -2.54. The number of amides is 1. The molecule has 0 spiro atoms. The van der Waals surface area contributed by atoms with Crippen LogP contribution >= 0.6 is 0 Å². The van der Waals surface area contributed by atoms with Gasteiger partial charge in [-0.3, -0.25) is 14.7 Å². The number of benzene rings is 1. The molecule has 0 aliphatic carbocycles. The Bertz CT molecular complexity index is 772. The number of anilines is 1. The van der Waals surface area contributed by atoms with Crippen molar-refractivity contribution >= 4 is 11.6 Å². The van der Waals surface area contributed by atoms with E-state index in [-0.39, 0.29) is 11.9 Å². The first-order chi connectivity index (χ1) is 13.0. The third kappa shape index (κ3) is 5.47. The Kier molecular flexibility index (Phi) is 6.34. The molecule has 1 saturated heterocycles. The zero-order chi connectivity index (χ0) is 19.2. The summed E-state index contributed by atoms with van der Waals surface area (Å²) in [6.45, 7) is 2.29. The zero-order valence-corrected chi connectivity index (χ0v) is 15.4. The summed E-state index contributed by atoms with van der Waals surface area (Å²) in [5, 5.41) is 3.21. The van der Waals surface area contributed by atoms with E-state index < -0.39 is 11.6 Å². The van der Waals surface area contributed by atoms with Crippen LogP contribution in [0.4, 0.5) is 14.5 Å². The van der Waals surface area contributed by atoms with E-state index in [1.165, 1.54) is 6.07 Å². The Morgan fingerprint density at radius 2 is 2.04 bits per heavy atom. The van der Waals surface area contributed by atoms with Gasteiger partial charge in [-0.25, -0.2) is 8.78 Å². The Balaban J connectivity index is 1.52. The predicted molar refractivity (Wildman–Crippen MR) is 100 cm³/mol. The van der Waals surface area contributed by atoms with E-state index in [0.29, 0.717) is 25.3 Å². The van der Waals surface area contributed by atoms with Gasteiger partial charge in [0.25, 0.3) is 0 Å². The van der Waals surface area contributed by atoms with Gasteiger partial charge in [0.15, 0.2) is 11.6 Å². The number of likely N-dealkylation sites (tertiary alicyclic amines) is 1. The average Bonchev–Trinajstić information content (AvgIpc) is 2.66. The van der Waals surface area contributed by atoms with Gasteiger partial charge in [-0.15, -0.1) is 0 Å². The molecular weight excluding hydrogens is 350 g/mol. The summed E-state index contributed by atoms with van der Waals surface area (Å²) in [4.78, 5) is 20.4. The molecule has 27 heavy (non-hydrogen) atoms. The lowest BCUT2D eigenvalue weighted by Crippen LogP contribution is -2.48. The zero-order valence-electron chi connectivity index (χ0n) is 15.4. The minimum Gasteiger partial charge on any atom is -0.380 e. The number of pyridine rings is 1. The van der Waals surface area contributed by atoms with Gasteiger partial charge in [-0.2, -0.15) is 0 Å². The molecule has 2 aromatic rings. The number of likely N-dealkylation sites (N-methyl/N-ethyl adjacent to an activating group) is 1. The molecule has 1 atom stereocenters. The number of hydrogen-bond donors (Lipinski definition) is 1. The van der Waals surface area contributed by atoms with Gasteiger partial charge in [-0.1, -0.05) is 0 Å². The van der Waals surface area contributed by atoms with Crippen molar-refractivity contribution in [3.63, 3.8) is 0 Å². The van der Waals surface area contributed by atoms with Crippen molar-refractivity contribution in [3.05, 3.63) is 59.9 Å². The molecule has 5 nitrogen and oxygen atoms in total. The molecule has 1 amide bonds. The molecule has 0 saturated carbocycles. The molecule has 3 rings (SSSR count). The number of nitrogens with zero attached hydrogens (tertiary/aromatic N) is 3. The predicted octanol–water partition coefficient (Wildman–Crippen LogP) is 2.89. The Morgan fingerprint density at radius 3 is 2.78 bits per heavy atom. The van der Waals surface area contributed by atoms with Crippen molar-refractivity contribution in [1.29, 1.82) is 0 Å². The highest BCUT2D eigenvalue weighted by molar-refractivity contribution is 5.78. The smallest absolute Gasteiger partial charge is 0.236 e. The number of rotatable bonds is 6. The van der Waals surface area contributed by atoms with Gasteiger partial charge < -0.3 is 10.2 Å². The molecule has 0 radical (unpaired) electrons. The van der Waals surface area contributed by atoms with Gasteiger partial charge >= 0.3 is 0 Å². The van der Waals surface area contributed by atoms with Crippen LogP contribution in [-0.2, 0) is 11.3 Å². The summed E-state index contributed by atoms with van der Waals surface area (Å²) in [7, 11) is 1.92. The second-order valence-electron chi connectivity index (χ2n) is 6.98. The van der Waals surface area contributed by atoms with Gasteiger partial charge in [0.05, 0.1) is 6.54 Å². The van der Waals surface area contributed by atoms with Gasteiger partial charge in [0.2, 0.25) is 5.91 Å². The monoisotopic (exact) mass is 374 g/mol. The van der Waals surface area contributed by atoms with Crippen molar-refractivity contribution in [2.75, 3.05) is 32.0 Å². The van der Waals surface area contributed by atoms with Crippen LogP contribution in [0.5, 0.6) is 0 Å². The first-order valence-corrected chi connectivity index (χ1v) is 9.08. The SMILES string of the molecule is CN(CC(=O)N1CCCC(Nc2ccc(F)c(F)c2)C1)Cc1ccncc1. The van der Waals surface area contributed by atoms with Crippen LogP contribution in [0.15, 0.2) is 42.7 Å². The van der Waals surface area contributed by atoms with E-state index in [2.05, 4.69) is 10.3 Å². The van der Waals surface area contributed by atoms with Crippen LogP contribution in [-0.4, -0.2) is 53.4 Å². The molecular formula is C20H24F2N4O. The van der Waals surface area contributed by atoms with E-state index >= 15 is 0 Å². The summed E-state index contributed by atoms with van der Waals surface area (Å²) >= 11 is 0. The largest absolute Gasteiger partial charge is 0.380 e. The van der Waals surface area contributed by atoms with Crippen molar-refractivity contribution in [3.8, 4) is 0 Å². The lowest BCUT2D eigenvalue weighted by Gasteiger charge is -2.34. The second-order valence-corrected chi connectivity index (χ2v) is 6.98. The average molecular weight is 374 g/mol. The standard InChI is InChI=1S/C20H24F2N4O/c1-25(12-15-6-8-23-9-7-15)14-20(27)26-10-2-3-17(13-26)24-16-4-5-18(21)19(22)11-16/h4-9,11,17,24H,2-3,10,12-14H2,1H3. The summed E-state index contributed by atoms with van der Waals surface area (Å²) in [6, 6.07) is 7.67. The fourth-order valence-electron chi connectivity index (χ4n) is 3.33. The van der Waals surface area contributed by atoms with Crippen LogP contribution < -0.4 is 5.32 Å². The normalized spacial score (nSPS) is 17.2. The van der Waals surface area contributed by atoms with Crippen molar-refractivity contribution in [2.24, 2.45) is 0 Å². The lowest BCUT2D eigenvalue weighted by molar-refractivity contribution is -0.133. The van der Waals surface area contributed by atoms with E-state index in [1.807, 2.05) is 29.0 Å². The Morgan fingerprint density at radius 1 is 1.26 bits per heavy atom. The number of carbonyl (C=O) groups is 1. The summed E-state index contributed by atoms with van der Waals surface area (Å²) in [5.41, 5.74) is 1.64. The first-order valence-electron chi connectivity index (χ1n) is 9.08. The van der Waals surface area contributed by atoms with Crippen molar-refractivity contribution < 1.29 is 13.6 Å². The Labute approximate surface area is 158 Å². The molecule has 1 unspecified atom stereocenters. The summed E-state index contributed by atoms with van der Waals surface area (Å²) in [6.07, 6.45) is 5.24. The van der Waals surface area contributed by atoms with Gasteiger partial charge in [0.1, 0.15) is 0 Å². The van der Waals surface area contributed by atoms with Crippen LogP contribution in [0.2, 0.25) is 0 Å². The van der Waals surface area contributed by atoms with Crippen LogP contribution in [0.25, 0.3) is 0 Å². The maximum Gasteiger partial charge on any atom is 0.236 e. The summed E-state index contributed by atoms with van der Waals surface area (Å²) in [5.74, 6) is -1.66. The van der Waals surface area contributed by atoms with E-state index in [1.54, 1.807) is 12.4 Å². The molecule has 0 bridgehead atoms. The number of nitrogens with one attached hydrogen (secondary N) is 1. The molecule has 144 valence electrons. The van der Waals surface area contributed by atoms with Crippen molar-refractivity contribution in [1.82, 2.24) is 14.8 Å².